The Labute approximate surface area is 155 Å². The van der Waals surface area contributed by atoms with E-state index in [1.54, 1.807) is 0 Å². The van der Waals surface area contributed by atoms with Gasteiger partial charge in [0.1, 0.15) is 0 Å². The van der Waals surface area contributed by atoms with Crippen LogP contribution in [0.25, 0.3) is 0 Å². The average Bonchev–Trinajstić information content (AvgIpc) is 2.97. The van der Waals surface area contributed by atoms with Crippen LogP contribution in [0.5, 0.6) is 0 Å². The SMILES string of the molecule is CCOCC1CCC2C(CCC3C2CCC2(C)C(C(C)N)CCC32)C1. The van der Waals surface area contributed by atoms with Gasteiger partial charge in [-0.3, -0.25) is 0 Å². The minimum atomic E-state index is 0.386. The van der Waals surface area contributed by atoms with Gasteiger partial charge in [-0.1, -0.05) is 6.92 Å². The van der Waals surface area contributed by atoms with Gasteiger partial charge in [-0.15, -0.1) is 0 Å². The van der Waals surface area contributed by atoms with Crippen LogP contribution in [0.2, 0.25) is 0 Å². The van der Waals surface area contributed by atoms with Gasteiger partial charge in [-0.05, 0) is 118 Å². The van der Waals surface area contributed by atoms with Crippen LogP contribution in [0.4, 0.5) is 0 Å². The zero-order valence-electron chi connectivity index (χ0n) is 16.9. The third-order valence-electron chi connectivity index (χ3n) is 9.33. The molecule has 9 unspecified atom stereocenters. The number of hydrogen-bond donors (Lipinski definition) is 1. The lowest BCUT2D eigenvalue weighted by atomic mass is 9.49. The van der Waals surface area contributed by atoms with Gasteiger partial charge >= 0.3 is 0 Å². The quantitative estimate of drug-likeness (QED) is 0.753. The Morgan fingerprint density at radius 3 is 2.56 bits per heavy atom. The molecule has 0 amide bonds. The van der Waals surface area contributed by atoms with E-state index in [1.807, 2.05) is 0 Å². The van der Waals surface area contributed by atoms with Gasteiger partial charge in [0.2, 0.25) is 0 Å². The molecule has 0 saturated heterocycles. The molecular formula is C23H41NO. The van der Waals surface area contributed by atoms with Crippen molar-refractivity contribution < 1.29 is 4.74 Å². The first kappa shape index (κ1) is 18.3. The van der Waals surface area contributed by atoms with Crippen molar-refractivity contribution in [2.45, 2.75) is 84.6 Å². The summed E-state index contributed by atoms with van der Waals surface area (Å²) in [6.07, 6.45) is 13.2. The Morgan fingerprint density at radius 2 is 1.80 bits per heavy atom. The van der Waals surface area contributed by atoms with Gasteiger partial charge in [0, 0.05) is 19.3 Å². The van der Waals surface area contributed by atoms with Crippen molar-refractivity contribution in [1.29, 1.82) is 0 Å². The lowest BCUT2D eigenvalue weighted by Crippen LogP contribution is -2.50. The van der Waals surface area contributed by atoms with E-state index in [0.29, 0.717) is 11.5 Å². The molecule has 2 N–H and O–H groups in total. The van der Waals surface area contributed by atoms with E-state index in [4.69, 9.17) is 10.5 Å². The molecule has 4 aliphatic rings. The van der Waals surface area contributed by atoms with Crippen molar-refractivity contribution in [3.63, 3.8) is 0 Å². The van der Waals surface area contributed by atoms with Crippen LogP contribution in [-0.2, 0) is 4.74 Å². The second-order valence-electron chi connectivity index (χ2n) is 10.4. The Bertz CT molecular complexity index is 463. The van der Waals surface area contributed by atoms with Crippen molar-refractivity contribution in [2.75, 3.05) is 13.2 Å². The lowest BCUT2D eigenvalue weighted by Gasteiger charge is -2.56. The summed E-state index contributed by atoms with van der Waals surface area (Å²) in [5, 5.41) is 0. The first-order valence-corrected chi connectivity index (χ1v) is 11.4. The standard InChI is InChI=1S/C23H41NO/c1-4-25-14-16-5-7-18-17(13-16)6-8-20-19(18)11-12-23(3)21(15(2)24)9-10-22(20)23/h15-22H,4-14,24H2,1-3H3. The fraction of sp³-hybridized carbons (Fsp3) is 1.00. The molecule has 4 fully saturated rings. The minimum Gasteiger partial charge on any atom is -0.381 e. The van der Waals surface area contributed by atoms with Crippen LogP contribution in [-0.4, -0.2) is 19.3 Å². The Kier molecular flexibility index (Phi) is 5.23. The Morgan fingerprint density at radius 1 is 1.00 bits per heavy atom. The van der Waals surface area contributed by atoms with Crippen LogP contribution in [0.15, 0.2) is 0 Å². The maximum atomic E-state index is 6.41. The molecule has 4 aliphatic carbocycles. The second kappa shape index (κ2) is 7.15. The molecule has 0 aromatic heterocycles. The van der Waals surface area contributed by atoms with E-state index in [2.05, 4.69) is 20.8 Å². The summed E-state index contributed by atoms with van der Waals surface area (Å²) in [7, 11) is 0. The minimum absolute atomic E-state index is 0.386. The van der Waals surface area contributed by atoms with E-state index in [9.17, 15) is 0 Å². The molecule has 25 heavy (non-hydrogen) atoms. The van der Waals surface area contributed by atoms with Crippen molar-refractivity contribution in [3.8, 4) is 0 Å². The predicted octanol–water partition coefficient (Wildman–Crippen LogP) is 5.26. The number of nitrogens with two attached hydrogens (primary N) is 1. The Balaban J connectivity index is 1.44. The fourth-order valence-corrected chi connectivity index (χ4v) is 8.29. The first-order chi connectivity index (χ1) is 12.0. The maximum absolute atomic E-state index is 6.41. The molecule has 0 bridgehead atoms. The van der Waals surface area contributed by atoms with E-state index >= 15 is 0 Å². The molecule has 144 valence electrons. The van der Waals surface area contributed by atoms with Gasteiger partial charge in [-0.2, -0.15) is 0 Å². The molecule has 0 radical (unpaired) electrons. The molecular weight excluding hydrogens is 306 g/mol. The highest BCUT2D eigenvalue weighted by atomic mass is 16.5. The molecule has 0 heterocycles. The Hall–Kier alpha value is -0.0800. The van der Waals surface area contributed by atoms with Crippen molar-refractivity contribution in [2.24, 2.45) is 52.6 Å². The van der Waals surface area contributed by atoms with Gasteiger partial charge in [-0.25, -0.2) is 0 Å². The van der Waals surface area contributed by atoms with Crippen molar-refractivity contribution in [3.05, 3.63) is 0 Å². The molecule has 0 aromatic carbocycles. The normalized spacial score (nSPS) is 50.6. The van der Waals surface area contributed by atoms with E-state index < -0.39 is 0 Å². The molecule has 4 rings (SSSR count). The van der Waals surface area contributed by atoms with Gasteiger partial charge in [0.25, 0.3) is 0 Å². The van der Waals surface area contributed by atoms with Crippen LogP contribution < -0.4 is 5.73 Å². The van der Waals surface area contributed by atoms with E-state index in [1.165, 1.54) is 57.8 Å². The van der Waals surface area contributed by atoms with Gasteiger partial charge < -0.3 is 10.5 Å². The number of ether oxygens (including phenoxy) is 1. The summed E-state index contributed by atoms with van der Waals surface area (Å²) in [6.45, 7) is 8.91. The average molecular weight is 348 g/mol. The first-order valence-electron chi connectivity index (χ1n) is 11.4. The van der Waals surface area contributed by atoms with E-state index in [-0.39, 0.29) is 0 Å². The highest BCUT2D eigenvalue weighted by Gasteiger charge is 2.57. The van der Waals surface area contributed by atoms with Crippen molar-refractivity contribution >= 4 is 0 Å². The van der Waals surface area contributed by atoms with Crippen molar-refractivity contribution in [1.82, 2.24) is 0 Å². The second-order valence-corrected chi connectivity index (χ2v) is 10.4. The van der Waals surface area contributed by atoms with Gasteiger partial charge in [0.15, 0.2) is 0 Å². The summed E-state index contributed by atoms with van der Waals surface area (Å²) in [4.78, 5) is 0. The summed E-state index contributed by atoms with van der Waals surface area (Å²) in [5.74, 6) is 6.71. The number of rotatable bonds is 4. The molecule has 2 heteroatoms. The van der Waals surface area contributed by atoms with Crippen LogP contribution in [0.1, 0.15) is 78.6 Å². The summed E-state index contributed by atoms with van der Waals surface area (Å²) in [5.41, 5.74) is 6.96. The summed E-state index contributed by atoms with van der Waals surface area (Å²) >= 11 is 0. The smallest absolute Gasteiger partial charge is 0.0494 e. The fourth-order valence-electron chi connectivity index (χ4n) is 8.29. The number of hydrogen-bond acceptors (Lipinski definition) is 2. The van der Waals surface area contributed by atoms with Gasteiger partial charge in [0.05, 0.1) is 0 Å². The highest BCUT2D eigenvalue weighted by molar-refractivity contribution is 5.07. The molecule has 4 saturated carbocycles. The lowest BCUT2D eigenvalue weighted by molar-refractivity contribution is -0.0743. The molecule has 9 atom stereocenters. The zero-order valence-corrected chi connectivity index (χ0v) is 16.9. The number of fused-ring (bicyclic) bond motifs is 5. The van der Waals surface area contributed by atoms with Crippen LogP contribution in [0.3, 0.4) is 0 Å². The van der Waals surface area contributed by atoms with Crippen LogP contribution in [0, 0.1) is 46.8 Å². The third kappa shape index (κ3) is 3.10. The van der Waals surface area contributed by atoms with E-state index in [0.717, 1.165) is 54.6 Å². The maximum Gasteiger partial charge on any atom is 0.0494 e. The molecule has 0 spiro atoms. The highest BCUT2D eigenvalue weighted by Crippen LogP contribution is 2.64. The predicted molar refractivity (Wildman–Crippen MR) is 104 cm³/mol. The monoisotopic (exact) mass is 347 g/mol. The summed E-state index contributed by atoms with van der Waals surface area (Å²) in [6, 6.07) is 0.386. The molecule has 0 aliphatic heterocycles. The summed E-state index contributed by atoms with van der Waals surface area (Å²) < 4.78 is 5.75. The molecule has 2 nitrogen and oxygen atoms in total. The topological polar surface area (TPSA) is 35.2 Å². The van der Waals surface area contributed by atoms with Crippen LogP contribution >= 0.6 is 0 Å². The largest absolute Gasteiger partial charge is 0.381 e. The third-order valence-corrected chi connectivity index (χ3v) is 9.33. The molecule has 0 aromatic rings. The zero-order chi connectivity index (χ0) is 17.6.